The summed E-state index contributed by atoms with van der Waals surface area (Å²) in [5, 5.41) is 0. The van der Waals surface area contributed by atoms with E-state index in [0.29, 0.717) is 25.7 Å². The molecular weight excluding hydrogens is 294 g/mol. The highest BCUT2D eigenvalue weighted by molar-refractivity contribution is 5.82. The number of rotatable bonds is 4. The zero-order valence-corrected chi connectivity index (χ0v) is 14.8. The molecule has 23 heavy (non-hydrogen) atoms. The van der Waals surface area contributed by atoms with Crippen LogP contribution in [0.2, 0.25) is 0 Å². The minimum absolute atomic E-state index is 0.105. The predicted molar refractivity (Wildman–Crippen MR) is 89.3 cm³/mol. The largest absolute Gasteiger partial charge is 0.450 e. The lowest BCUT2D eigenvalue weighted by atomic mass is 9.99. The van der Waals surface area contributed by atoms with Crippen molar-refractivity contribution in [3.63, 3.8) is 0 Å². The van der Waals surface area contributed by atoms with Gasteiger partial charge in [0.05, 0.1) is 12.6 Å². The van der Waals surface area contributed by atoms with Gasteiger partial charge < -0.3 is 14.5 Å². The molecule has 2 amide bonds. The molecule has 2 aliphatic heterocycles. The van der Waals surface area contributed by atoms with Crippen LogP contribution in [0, 0.1) is 0 Å². The van der Waals surface area contributed by atoms with Gasteiger partial charge >= 0.3 is 6.09 Å². The van der Waals surface area contributed by atoms with Gasteiger partial charge in [-0.1, -0.05) is 6.92 Å². The molecule has 6 nitrogen and oxygen atoms in total. The summed E-state index contributed by atoms with van der Waals surface area (Å²) < 4.78 is 5.04. The standard InChI is InChI=1S/C17H31N3O3/c1-4-15-8-6-7-9-20(15)16(21)14(3)18-10-12-19(13-11-18)17(22)23-5-2/h14-15H,4-13H2,1-3H3. The Morgan fingerprint density at radius 3 is 2.39 bits per heavy atom. The highest BCUT2D eigenvalue weighted by Crippen LogP contribution is 2.21. The van der Waals surface area contributed by atoms with Gasteiger partial charge in [-0.2, -0.15) is 0 Å². The van der Waals surface area contributed by atoms with Crippen LogP contribution in [0.3, 0.4) is 0 Å². The molecule has 0 radical (unpaired) electrons. The molecule has 0 bridgehead atoms. The number of carbonyl (C=O) groups excluding carboxylic acids is 2. The van der Waals surface area contributed by atoms with Gasteiger partial charge in [0.15, 0.2) is 0 Å². The second kappa shape index (κ2) is 8.52. The van der Waals surface area contributed by atoms with Crippen molar-refractivity contribution in [2.45, 2.75) is 58.5 Å². The lowest BCUT2D eigenvalue weighted by Crippen LogP contribution is -2.57. The summed E-state index contributed by atoms with van der Waals surface area (Å²) in [5.74, 6) is 0.251. The summed E-state index contributed by atoms with van der Waals surface area (Å²) >= 11 is 0. The van der Waals surface area contributed by atoms with Crippen molar-refractivity contribution >= 4 is 12.0 Å². The second-order valence-corrected chi connectivity index (χ2v) is 6.49. The molecule has 6 heteroatoms. The molecule has 0 spiro atoms. The number of piperidine rings is 1. The molecule has 2 heterocycles. The first kappa shape index (κ1) is 18.0. The van der Waals surface area contributed by atoms with E-state index in [0.717, 1.165) is 38.9 Å². The molecule has 2 aliphatic rings. The number of carbonyl (C=O) groups is 2. The summed E-state index contributed by atoms with van der Waals surface area (Å²) in [6, 6.07) is 0.297. The van der Waals surface area contributed by atoms with Gasteiger partial charge in [0.2, 0.25) is 5.91 Å². The molecule has 2 atom stereocenters. The zero-order chi connectivity index (χ0) is 16.8. The molecule has 0 aromatic carbocycles. The molecule has 0 N–H and O–H groups in total. The Balaban J connectivity index is 1.87. The van der Waals surface area contributed by atoms with Gasteiger partial charge in [-0.15, -0.1) is 0 Å². The van der Waals surface area contributed by atoms with Crippen molar-refractivity contribution in [1.29, 1.82) is 0 Å². The van der Waals surface area contributed by atoms with Crippen LogP contribution >= 0.6 is 0 Å². The van der Waals surface area contributed by atoms with Crippen LogP contribution in [0.15, 0.2) is 0 Å². The Morgan fingerprint density at radius 1 is 1.09 bits per heavy atom. The smallest absolute Gasteiger partial charge is 0.409 e. The first-order valence-electron chi connectivity index (χ1n) is 9.04. The highest BCUT2D eigenvalue weighted by atomic mass is 16.6. The summed E-state index contributed by atoms with van der Waals surface area (Å²) in [6.45, 7) is 10.0. The second-order valence-electron chi connectivity index (χ2n) is 6.49. The first-order chi connectivity index (χ1) is 11.1. The molecule has 2 fully saturated rings. The Labute approximate surface area is 139 Å². The van der Waals surface area contributed by atoms with Crippen LogP contribution in [-0.2, 0) is 9.53 Å². The summed E-state index contributed by atoms with van der Waals surface area (Å²) in [6.07, 6.45) is 4.27. The molecule has 0 aromatic heterocycles. The number of nitrogens with zero attached hydrogens (tertiary/aromatic N) is 3. The maximum Gasteiger partial charge on any atom is 0.409 e. The molecule has 132 valence electrons. The lowest BCUT2D eigenvalue weighted by Gasteiger charge is -2.41. The first-order valence-corrected chi connectivity index (χ1v) is 9.04. The van der Waals surface area contributed by atoms with E-state index >= 15 is 0 Å². The third kappa shape index (κ3) is 4.37. The third-order valence-electron chi connectivity index (χ3n) is 5.13. The van der Waals surface area contributed by atoms with Gasteiger partial charge in [-0.3, -0.25) is 9.69 Å². The maximum absolute atomic E-state index is 12.9. The average Bonchev–Trinajstić information content (AvgIpc) is 2.60. The number of likely N-dealkylation sites (tertiary alicyclic amines) is 1. The normalized spacial score (nSPS) is 24.4. The van der Waals surface area contributed by atoms with Crippen LogP contribution in [-0.4, -0.2) is 78.1 Å². The van der Waals surface area contributed by atoms with E-state index in [4.69, 9.17) is 4.74 Å². The van der Waals surface area contributed by atoms with Crippen molar-refractivity contribution in [2.24, 2.45) is 0 Å². The van der Waals surface area contributed by atoms with Crippen molar-refractivity contribution in [2.75, 3.05) is 39.3 Å². The van der Waals surface area contributed by atoms with Crippen molar-refractivity contribution in [3.8, 4) is 0 Å². The van der Waals surface area contributed by atoms with E-state index in [2.05, 4.69) is 16.7 Å². The fraction of sp³-hybridized carbons (Fsp3) is 0.882. The topological polar surface area (TPSA) is 53.1 Å². The van der Waals surface area contributed by atoms with Crippen LogP contribution in [0.25, 0.3) is 0 Å². The highest BCUT2D eigenvalue weighted by Gasteiger charge is 2.33. The van der Waals surface area contributed by atoms with Crippen molar-refractivity contribution in [1.82, 2.24) is 14.7 Å². The fourth-order valence-corrected chi connectivity index (χ4v) is 3.62. The van der Waals surface area contributed by atoms with E-state index in [1.165, 1.54) is 6.42 Å². The van der Waals surface area contributed by atoms with Gasteiger partial charge in [-0.05, 0) is 39.5 Å². The Morgan fingerprint density at radius 2 is 1.78 bits per heavy atom. The van der Waals surface area contributed by atoms with E-state index in [1.807, 2.05) is 13.8 Å². The molecule has 2 unspecified atom stereocenters. The van der Waals surface area contributed by atoms with Gasteiger partial charge in [-0.25, -0.2) is 4.79 Å². The van der Waals surface area contributed by atoms with Crippen LogP contribution in [0.4, 0.5) is 4.79 Å². The van der Waals surface area contributed by atoms with E-state index < -0.39 is 0 Å². The fourth-order valence-electron chi connectivity index (χ4n) is 3.62. The molecule has 2 saturated heterocycles. The quantitative estimate of drug-likeness (QED) is 0.793. The average molecular weight is 325 g/mol. The lowest BCUT2D eigenvalue weighted by molar-refractivity contribution is -0.140. The summed E-state index contributed by atoms with van der Waals surface area (Å²) in [4.78, 5) is 30.6. The van der Waals surface area contributed by atoms with Crippen LogP contribution in [0.5, 0.6) is 0 Å². The third-order valence-corrected chi connectivity index (χ3v) is 5.13. The van der Waals surface area contributed by atoms with Crippen molar-refractivity contribution in [3.05, 3.63) is 0 Å². The van der Waals surface area contributed by atoms with Gasteiger partial charge in [0.25, 0.3) is 0 Å². The minimum atomic E-state index is -0.242. The monoisotopic (exact) mass is 325 g/mol. The number of amides is 2. The molecule has 0 aliphatic carbocycles. The molecule has 0 saturated carbocycles. The van der Waals surface area contributed by atoms with E-state index in [-0.39, 0.29) is 18.0 Å². The number of hydrogen-bond acceptors (Lipinski definition) is 4. The van der Waals surface area contributed by atoms with Crippen molar-refractivity contribution < 1.29 is 14.3 Å². The Hall–Kier alpha value is -1.30. The Bertz CT molecular complexity index is 408. The van der Waals surface area contributed by atoms with E-state index in [1.54, 1.807) is 4.90 Å². The predicted octanol–water partition coefficient (Wildman–Crippen LogP) is 1.94. The number of ether oxygens (including phenoxy) is 1. The minimum Gasteiger partial charge on any atom is -0.450 e. The van der Waals surface area contributed by atoms with Gasteiger partial charge in [0.1, 0.15) is 0 Å². The van der Waals surface area contributed by atoms with Crippen LogP contribution < -0.4 is 0 Å². The summed E-state index contributed by atoms with van der Waals surface area (Å²) in [5.41, 5.74) is 0. The SMILES string of the molecule is CCOC(=O)N1CCN(C(C)C(=O)N2CCCCC2CC)CC1. The molecule has 2 rings (SSSR count). The molecular formula is C17H31N3O3. The van der Waals surface area contributed by atoms with E-state index in [9.17, 15) is 9.59 Å². The Kier molecular flexibility index (Phi) is 6.69. The zero-order valence-electron chi connectivity index (χ0n) is 14.8. The maximum atomic E-state index is 12.9. The van der Waals surface area contributed by atoms with Crippen LogP contribution in [0.1, 0.15) is 46.5 Å². The molecule has 0 aromatic rings. The summed E-state index contributed by atoms with van der Waals surface area (Å²) in [7, 11) is 0. The number of piperazine rings is 1. The van der Waals surface area contributed by atoms with Gasteiger partial charge in [0, 0.05) is 38.8 Å². The number of hydrogen-bond donors (Lipinski definition) is 0.